The largest absolute Gasteiger partial charge is 0.364 e. The molecule has 0 spiro atoms. The van der Waals surface area contributed by atoms with Gasteiger partial charge in [-0.2, -0.15) is 0 Å². The van der Waals surface area contributed by atoms with Crippen LogP contribution in [0, 0.1) is 0 Å². The van der Waals surface area contributed by atoms with Crippen LogP contribution in [-0.4, -0.2) is 22.0 Å². The smallest absolute Gasteiger partial charge is 0.137 e. The molecule has 118 valence electrons. The molecule has 0 radical (unpaired) electrons. The lowest BCUT2D eigenvalue weighted by molar-refractivity contribution is 0.551. The van der Waals surface area contributed by atoms with Gasteiger partial charge in [-0.15, -0.1) is 0 Å². The highest BCUT2D eigenvalue weighted by atomic mass is 35.5. The van der Waals surface area contributed by atoms with Crippen molar-refractivity contribution in [3.8, 4) is 0 Å². The van der Waals surface area contributed by atoms with E-state index >= 15 is 0 Å². The third kappa shape index (κ3) is 2.92. The van der Waals surface area contributed by atoms with Gasteiger partial charge in [-0.25, -0.2) is 4.98 Å². The molecule has 3 heterocycles. The molecule has 0 saturated heterocycles. The number of halogens is 1. The second kappa shape index (κ2) is 5.87. The second-order valence-electron chi connectivity index (χ2n) is 6.14. The quantitative estimate of drug-likeness (QED) is 0.782. The summed E-state index contributed by atoms with van der Waals surface area (Å²) >= 11 is 6.06. The van der Waals surface area contributed by atoms with Crippen molar-refractivity contribution in [2.45, 2.75) is 26.1 Å². The number of rotatable bonds is 2. The molecule has 5 heteroatoms. The van der Waals surface area contributed by atoms with Gasteiger partial charge in [0.25, 0.3) is 0 Å². The molecule has 0 aliphatic carbocycles. The Morgan fingerprint density at radius 3 is 3.00 bits per heavy atom. The Morgan fingerprint density at radius 1 is 1.22 bits per heavy atom. The molecule has 0 amide bonds. The molecule has 4 rings (SSSR count). The van der Waals surface area contributed by atoms with Crippen molar-refractivity contribution in [1.82, 2.24) is 14.7 Å². The zero-order valence-corrected chi connectivity index (χ0v) is 13.8. The summed E-state index contributed by atoms with van der Waals surface area (Å²) in [4.78, 5) is 7.12. The SMILES string of the molecule is CC1CN(Cc2cn3cc(Cl)ccc3n2)c2ccccc2CN1. The van der Waals surface area contributed by atoms with Crippen LogP contribution in [0.25, 0.3) is 5.65 Å². The van der Waals surface area contributed by atoms with E-state index in [0.29, 0.717) is 6.04 Å². The average molecular weight is 327 g/mol. The van der Waals surface area contributed by atoms with Gasteiger partial charge in [-0.05, 0) is 30.7 Å². The van der Waals surface area contributed by atoms with Gasteiger partial charge < -0.3 is 14.6 Å². The number of fused-ring (bicyclic) bond motifs is 2. The maximum Gasteiger partial charge on any atom is 0.137 e. The fourth-order valence-electron chi connectivity index (χ4n) is 3.19. The maximum atomic E-state index is 6.06. The number of hydrogen-bond donors (Lipinski definition) is 1. The molecule has 23 heavy (non-hydrogen) atoms. The number of nitrogens with one attached hydrogen (secondary N) is 1. The maximum absolute atomic E-state index is 6.06. The molecule has 1 unspecified atom stereocenters. The fourth-order valence-corrected chi connectivity index (χ4v) is 3.35. The summed E-state index contributed by atoms with van der Waals surface area (Å²) in [6, 6.07) is 12.9. The van der Waals surface area contributed by atoms with E-state index in [0.717, 1.165) is 36.0 Å². The summed E-state index contributed by atoms with van der Waals surface area (Å²) in [7, 11) is 0. The van der Waals surface area contributed by atoms with Crippen molar-refractivity contribution in [2.24, 2.45) is 0 Å². The van der Waals surface area contributed by atoms with Crippen molar-refractivity contribution in [3.63, 3.8) is 0 Å². The predicted octanol–water partition coefficient (Wildman–Crippen LogP) is 3.49. The van der Waals surface area contributed by atoms with E-state index in [-0.39, 0.29) is 0 Å². The highest BCUT2D eigenvalue weighted by molar-refractivity contribution is 6.30. The topological polar surface area (TPSA) is 32.6 Å². The molecule has 1 atom stereocenters. The molecule has 0 bridgehead atoms. The van der Waals surface area contributed by atoms with Gasteiger partial charge >= 0.3 is 0 Å². The van der Waals surface area contributed by atoms with Crippen LogP contribution in [0.3, 0.4) is 0 Å². The molecular formula is C18H19ClN4. The number of anilines is 1. The normalized spacial score (nSPS) is 18.0. The van der Waals surface area contributed by atoms with E-state index in [1.165, 1.54) is 11.3 Å². The Hall–Kier alpha value is -2.04. The first-order valence-electron chi connectivity index (χ1n) is 7.88. The minimum absolute atomic E-state index is 0.439. The third-order valence-electron chi connectivity index (χ3n) is 4.29. The molecule has 0 saturated carbocycles. The second-order valence-corrected chi connectivity index (χ2v) is 6.57. The molecule has 2 aromatic heterocycles. The number of imidazole rings is 1. The fraction of sp³-hybridized carbons (Fsp3) is 0.278. The van der Waals surface area contributed by atoms with E-state index in [2.05, 4.69) is 47.6 Å². The predicted molar refractivity (Wildman–Crippen MR) is 94.0 cm³/mol. The van der Waals surface area contributed by atoms with E-state index in [9.17, 15) is 0 Å². The molecule has 0 fully saturated rings. The van der Waals surface area contributed by atoms with Crippen LogP contribution in [0.1, 0.15) is 18.2 Å². The zero-order chi connectivity index (χ0) is 15.8. The first-order valence-corrected chi connectivity index (χ1v) is 8.26. The minimum Gasteiger partial charge on any atom is -0.364 e. The van der Waals surface area contributed by atoms with Crippen LogP contribution < -0.4 is 10.2 Å². The number of benzene rings is 1. The van der Waals surface area contributed by atoms with Crippen molar-refractivity contribution in [3.05, 3.63) is 65.1 Å². The number of nitrogens with zero attached hydrogens (tertiary/aromatic N) is 3. The average Bonchev–Trinajstić information content (AvgIpc) is 2.86. The number of pyridine rings is 1. The molecule has 1 aliphatic rings. The van der Waals surface area contributed by atoms with Gasteiger partial charge in [-0.3, -0.25) is 0 Å². The van der Waals surface area contributed by atoms with Gasteiger partial charge in [0.1, 0.15) is 5.65 Å². The number of aromatic nitrogens is 2. The van der Waals surface area contributed by atoms with Crippen molar-refractivity contribution >= 4 is 22.9 Å². The van der Waals surface area contributed by atoms with Gasteiger partial charge in [0, 0.05) is 37.2 Å². The minimum atomic E-state index is 0.439. The Bertz CT molecular complexity index is 842. The van der Waals surface area contributed by atoms with Crippen LogP contribution in [-0.2, 0) is 13.1 Å². The molecule has 3 aromatic rings. The number of hydrogen-bond acceptors (Lipinski definition) is 3. The van der Waals surface area contributed by atoms with Crippen molar-refractivity contribution in [2.75, 3.05) is 11.4 Å². The van der Waals surface area contributed by atoms with Crippen LogP contribution in [0.4, 0.5) is 5.69 Å². The Morgan fingerprint density at radius 2 is 2.09 bits per heavy atom. The van der Waals surface area contributed by atoms with Gasteiger partial charge in [0.15, 0.2) is 0 Å². The van der Waals surface area contributed by atoms with Gasteiger partial charge in [0.05, 0.1) is 17.3 Å². The van der Waals surface area contributed by atoms with E-state index in [4.69, 9.17) is 16.6 Å². The molecule has 1 N–H and O–H groups in total. The Labute approximate surface area is 140 Å². The summed E-state index contributed by atoms with van der Waals surface area (Å²) < 4.78 is 1.99. The molecular weight excluding hydrogens is 308 g/mol. The highest BCUT2D eigenvalue weighted by Gasteiger charge is 2.19. The van der Waals surface area contributed by atoms with Crippen LogP contribution in [0.5, 0.6) is 0 Å². The summed E-state index contributed by atoms with van der Waals surface area (Å²) in [5.74, 6) is 0. The monoisotopic (exact) mass is 326 g/mol. The molecule has 1 aliphatic heterocycles. The van der Waals surface area contributed by atoms with E-state index in [1.54, 1.807) is 0 Å². The lowest BCUT2D eigenvalue weighted by atomic mass is 10.1. The van der Waals surface area contributed by atoms with Crippen LogP contribution >= 0.6 is 11.6 Å². The zero-order valence-electron chi connectivity index (χ0n) is 13.0. The van der Waals surface area contributed by atoms with Gasteiger partial charge in [0.2, 0.25) is 0 Å². The lowest BCUT2D eigenvalue weighted by Gasteiger charge is -2.25. The molecule has 1 aromatic carbocycles. The summed E-state index contributed by atoms with van der Waals surface area (Å²) in [5, 5.41) is 4.29. The summed E-state index contributed by atoms with van der Waals surface area (Å²) in [6.07, 6.45) is 3.96. The Kier molecular flexibility index (Phi) is 3.71. The lowest BCUT2D eigenvalue weighted by Crippen LogP contribution is -2.35. The first kappa shape index (κ1) is 14.5. The standard InChI is InChI=1S/C18H19ClN4/c1-13-9-22(17-5-3-2-4-14(17)8-20-13)11-16-12-23-10-15(19)6-7-18(23)21-16/h2-7,10,12-13,20H,8-9,11H2,1H3. The van der Waals surface area contributed by atoms with Crippen LogP contribution in [0.15, 0.2) is 48.8 Å². The molecule has 4 nitrogen and oxygen atoms in total. The number of para-hydroxylation sites is 1. The highest BCUT2D eigenvalue weighted by Crippen LogP contribution is 2.25. The summed E-state index contributed by atoms with van der Waals surface area (Å²) in [6.45, 7) is 4.89. The van der Waals surface area contributed by atoms with E-state index < -0.39 is 0 Å². The first-order chi connectivity index (χ1) is 11.2. The Balaban J connectivity index is 1.68. The third-order valence-corrected chi connectivity index (χ3v) is 4.51. The van der Waals surface area contributed by atoms with Crippen molar-refractivity contribution < 1.29 is 0 Å². The summed E-state index contributed by atoms with van der Waals surface area (Å²) in [5.41, 5.74) is 4.61. The van der Waals surface area contributed by atoms with E-state index in [1.807, 2.05) is 22.7 Å². The van der Waals surface area contributed by atoms with Crippen molar-refractivity contribution in [1.29, 1.82) is 0 Å². The van der Waals surface area contributed by atoms with Crippen LogP contribution in [0.2, 0.25) is 5.02 Å². The van der Waals surface area contributed by atoms with Gasteiger partial charge in [-0.1, -0.05) is 29.8 Å².